The Morgan fingerprint density at radius 2 is 2.05 bits per heavy atom. The summed E-state index contributed by atoms with van der Waals surface area (Å²) in [7, 11) is 0. The van der Waals surface area contributed by atoms with Crippen molar-refractivity contribution in [1.29, 1.82) is 0 Å². The van der Waals surface area contributed by atoms with Crippen LogP contribution in [0.1, 0.15) is 52.4 Å². The zero-order valence-corrected chi connectivity index (χ0v) is 13.9. The second kappa shape index (κ2) is 7.33. The molecule has 0 radical (unpaired) electrons. The van der Waals surface area contributed by atoms with Crippen LogP contribution in [0, 0.1) is 5.92 Å². The van der Waals surface area contributed by atoms with E-state index in [2.05, 4.69) is 30.3 Å². The van der Waals surface area contributed by atoms with E-state index in [0.717, 1.165) is 12.0 Å². The quantitative estimate of drug-likeness (QED) is 0.688. The van der Waals surface area contributed by atoms with Gasteiger partial charge < -0.3 is 5.32 Å². The minimum Gasteiger partial charge on any atom is -0.308 e. The molecule has 2 rings (SSSR count). The Bertz CT molecular complexity index is 267. The van der Waals surface area contributed by atoms with E-state index < -0.39 is 0 Å². The summed E-state index contributed by atoms with van der Waals surface area (Å²) in [5.41, 5.74) is 0.408. The molecule has 1 aliphatic carbocycles. The molecular formula is C16H32N2S. The summed E-state index contributed by atoms with van der Waals surface area (Å²) in [5, 5.41) is 3.85. The van der Waals surface area contributed by atoms with Gasteiger partial charge in [-0.25, -0.2) is 0 Å². The second-order valence-electron chi connectivity index (χ2n) is 6.66. The van der Waals surface area contributed by atoms with Gasteiger partial charge in [0.05, 0.1) is 0 Å². The van der Waals surface area contributed by atoms with Crippen LogP contribution in [-0.4, -0.2) is 48.1 Å². The first-order valence-corrected chi connectivity index (χ1v) is 9.57. The van der Waals surface area contributed by atoms with Crippen molar-refractivity contribution in [3.63, 3.8) is 0 Å². The first-order chi connectivity index (χ1) is 9.19. The largest absolute Gasteiger partial charge is 0.308 e. The van der Waals surface area contributed by atoms with Gasteiger partial charge in [-0.1, -0.05) is 13.3 Å². The van der Waals surface area contributed by atoms with Crippen LogP contribution in [-0.2, 0) is 0 Å². The predicted octanol–water partition coefficient (Wildman–Crippen LogP) is 3.37. The molecule has 0 aromatic carbocycles. The number of hydrogen-bond donors (Lipinski definition) is 1. The first-order valence-electron chi connectivity index (χ1n) is 8.17. The highest BCUT2D eigenvalue weighted by Gasteiger charge is 2.45. The predicted molar refractivity (Wildman–Crippen MR) is 87.0 cm³/mol. The van der Waals surface area contributed by atoms with Crippen molar-refractivity contribution in [2.45, 2.75) is 64.0 Å². The lowest BCUT2D eigenvalue weighted by atomic mass is 9.90. The van der Waals surface area contributed by atoms with Crippen LogP contribution in [0.15, 0.2) is 0 Å². The number of nitrogens with zero attached hydrogens (tertiary/aromatic N) is 1. The van der Waals surface area contributed by atoms with Gasteiger partial charge in [-0.3, -0.25) is 4.90 Å². The maximum atomic E-state index is 3.85. The van der Waals surface area contributed by atoms with Crippen LogP contribution in [0.3, 0.4) is 0 Å². The standard InChI is InChI=1S/C16H32N2S/c1-4-15-12-17-16(2,14-8-9-14)13-18(15)10-6-5-7-11-19-3/h14-15,17H,4-13H2,1-3H3. The third kappa shape index (κ3) is 4.37. The van der Waals surface area contributed by atoms with E-state index in [1.165, 1.54) is 63.9 Å². The Labute approximate surface area is 124 Å². The number of nitrogens with one attached hydrogen (secondary N) is 1. The van der Waals surface area contributed by atoms with Crippen molar-refractivity contribution >= 4 is 11.8 Å². The fourth-order valence-electron chi connectivity index (χ4n) is 3.48. The lowest BCUT2D eigenvalue weighted by molar-refractivity contribution is 0.0715. The zero-order valence-electron chi connectivity index (χ0n) is 13.1. The van der Waals surface area contributed by atoms with Gasteiger partial charge in [0.25, 0.3) is 0 Å². The molecule has 2 fully saturated rings. The molecule has 1 aliphatic heterocycles. The van der Waals surface area contributed by atoms with Gasteiger partial charge in [0.15, 0.2) is 0 Å². The maximum absolute atomic E-state index is 3.85. The third-order valence-electron chi connectivity index (χ3n) is 5.03. The summed E-state index contributed by atoms with van der Waals surface area (Å²) in [5.74, 6) is 2.28. The smallest absolute Gasteiger partial charge is 0.0309 e. The van der Waals surface area contributed by atoms with E-state index in [0.29, 0.717) is 5.54 Å². The molecule has 0 aromatic heterocycles. The molecule has 19 heavy (non-hydrogen) atoms. The molecular weight excluding hydrogens is 252 g/mol. The zero-order chi connectivity index (χ0) is 13.7. The van der Waals surface area contributed by atoms with Crippen molar-refractivity contribution < 1.29 is 0 Å². The molecule has 2 unspecified atom stereocenters. The Kier molecular flexibility index (Phi) is 6.04. The Hall–Kier alpha value is 0.270. The SMILES string of the molecule is CCC1CNC(C)(C2CC2)CN1CCCCCSC. The average Bonchev–Trinajstić information content (AvgIpc) is 3.23. The van der Waals surface area contributed by atoms with Crippen LogP contribution < -0.4 is 5.32 Å². The highest BCUT2D eigenvalue weighted by molar-refractivity contribution is 7.98. The molecule has 0 amide bonds. The summed E-state index contributed by atoms with van der Waals surface area (Å²) in [6, 6.07) is 0.771. The van der Waals surface area contributed by atoms with Crippen LogP contribution in [0.5, 0.6) is 0 Å². The summed E-state index contributed by atoms with van der Waals surface area (Å²) in [6.07, 6.45) is 10.6. The normalized spacial score (nSPS) is 32.7. The van der Waals surface area contributed by atoms with Gasteiger partial charge in [0.1, 0.15) is 0 Å². The molecule has 2 aliphatic rings. The number of rotatable bonds is 8. The van der Waals surface area contributed by atoms with Crippen LogP contribution in [0.25, 0.3) is 0 Å². The molecule has 2 atom stereocenters. The average molecular weight is 285 g/mol. The highest BCUT2D eigenvalue weighted by Crippen LogP contribution is 2.41. The first kappa shape index (κ1) is 15.7. The fraction of sp³-hybridized carbons (Fsp3) is 1.00. The lowest BCUT2D eigenvalue weighted by Gasteiger charge is -2.46. The van der Waals surface area contributed by atoms with Crippen LogP contribution in [0.2, 0.25) is 0 Å². The van der Waals surface area contributed by atoms with E-state index in [4.69, 9.17) is 0 Å². The van der Waals surface area contributed by atoms with Crippen molar-refractivity contribution in [3.05, 3.63) is 0 Å². The summed E-state index contributed by atoms with van der Waals surface area (Å²) >= 11 is 1.98. The van der Waals surface area contributed by atoms with E-state index in [1.807, 2.05) is 11.8 Å². The number of piperazine rings is 1. The second-order valence-corrected chi connectivity index (χ2v) is 7.64. The number of unbranched alkanes of at least 4 members (excludes halogenated alkanes) is 2. The molecule has 3 heteroatoms. The molecule has 112 valence electrons. The molecule has 2 nitrogen and oxygen atoms in total. The molecule has 1 saturated carbocycles. The molecule has 1 heterocycles. The lowest BCUT2D eigenvalue weighted by Crippen LogP contribution is -2.63. The third-order valence-corrected chi connectivity index (χ3v) is 5.73. The number of thioether (sulfide) groups is 1. The van der Waals surface area contributed by atoms with Crippen molar-refractivity contribution in [1.82, 2.24) is 10.2 Å². The van der Waals surface area contributed by atoms with Crippen molar-refractivity contribution in [2.75, 3.05) is 31.6 Å². The molecule has 1 saturated heterocycles. The van der Waals surface area contributed by atoms with E-state index >= 15 is 0 Å². The van der Waals surface area contributed by atoms with Gasteiger partial charge in [-0.2, -0.15) is 11.8 Å². The molecule has 0 bridgehead atoms. The van der Waals surface area contributed by atoms with Gasteiger partial charge >= 0.3 is 0 Å². The topological polar surface area (TPSA) is 15.3 Å². The summed E-state index contributed by atoms with van der Waals surface area (Å²) in [6.45, 7) is 8.59. The minimum atomic E-state index is 0.408. The van der Waals surface area contributed by atoms with E-state index in [-0.39, 0.29) is 0 Å². The molecule has 0 aromatic rings. The van der Waals surface area contributed by atoms with Crippen LogP contribution in [0.4, 0.5) is 0 Å². The maximum Gasteiger partial charge on any atom is 0.0309 e. The van der Waals surface area contributed by atoms with Crippen molar-refractivity contribution in [3.8, 4) is 0 Å². The monoisotopic (exact) mass is 284 g/mol. The van der Waals surface area contributed by atoms with Crippen LogP contribution >= 0.6 is 11.8 Å². The van der Waals surface area contributed by atoms with Gasteiger partial charge in [-0.05, 0) is 63.5 Å². The van der Waals surface area contributed by atoms with E-state index in [9.17, 15) is 0 Å². The van der Waals surface area contributed by atoms with Crippen molar-refractivity contribution in [2.24, 2.45) is 5.92 Å². The minimum absolute atomic E-state index is 0.408. The van der Waals surface area contributed by atoms with Gasteiger partial charge in [0, 0.05) is 24.7 Å². The number of hydrogen-bond acceptors (Lipinski definition) is 3. The Balaban J connectivity index is 1.77. The summed E-state index contributed by atoms with van der Waals surface area (Å²) < 4.78 is 0. The summed E-state index contributed by atoms with van der Waals surface area (Å²) in [4.78, 5) is 2.79. The fourth-order valence-corrected chi connectivity index (χ4v) is 3.98. The van der Waals surface area contributed by atoms with Gasteiger partial charge in [-0.15, -0.1) is 0 Å². The Morgan fingerprint density at radius 3 is 2.68 bits per heavy atom. The molecule has 0 spiro atoms. The highest BCUT2D eigenvalue weighted by atomic mass is 32.2. The van der Waals surface area contributed by atoms with Gasteiger partial charge in [0.2, 0.25) is 0 Å². The Morgan fingerprint density at radius 1 is 1.26 bits per heavy atom. The van der Waals surface area contributed by atoms with E-state index in [1.54, 1.807) is 0 Å². The molecule has 1 N–H and O–H groups in total.